The first-order valence-corrected chi connectivity index (χ1v) is 7.78. The Morgan fingerprint density at radius 2 is 2.05 bits per heavy atom. The number of amides is 1. The Kier molecular flexibility index (Phi) is 4.97. The minimum atomic E-state index is -0.628. The number of piperazine rings is 1. The molecule has 7 heteroatoms. The molecule has 0 saturated carbocycles. The summed E-state index contributed by atoms with van der Waals surface area (Å²) < 4.78 is 4.72. The predicted molar refractivity (Wildman–Crippen MR) is 82.8 cm³/mol. The number of ether oxygens (including phenoxy) is 1. The average molecular weight is 311 g/mol. The highest BCUT2D eigenvalue weighted by molar-refractivity contribution is 7.12. The van der Waals surface area contributed by atoms with E-state index in [2.05, 4.69) is 15.5 Å². The minimum Gasteiger partial charge on any atom is -0.465 e. The number of nitrogens with zero attached hydrogens (tertiary/aromatic N) is 1. The van der Waals surface area contributed by atoms with E-state index in [1.54, 1.807) is 11.4 Å². The summed E-state index contributed by atoms with van der Waals surface area (Å²) in [6, 6.07) is 1.72. The highest BCUT2D eigenvalue weighted by atomic mass is 32.1. The molecule has 0 aromatic carbocycles. The van der Waals surface area contributed by atoms with E-state index in [4.69, 9.17) is 4.74 Å². The van der Waals surface area contributed by atoms with Crippen LogP contribution in [0.3, 0.4) is 0 Å². The molecule has 1 amide bonds. The van der Waals surface area contributed by atoms with Crippen LogP contribution in [0.2, 0.25) is 0 Å². The number of anilines is 1. The molecule has 2 rings (SSSR count). The smallest absolute Gasteiger partial charge is 0.350 e. The van der Waals surface area contributed by atoms with Crippen molar-refractivity contribution in [1.29, 1.82) is 0 Å². The predicted octanol–water partition coefficient (Wildman–Crippen LogP) is 1.16. The van der Waals surface area contributed by atoms with Crippen molar-refractivity contribution < 1.29 is 14.3 Å². The molecule has 0 bridgehead atoms. The summed E-state index contributed by atoms with van der Waals surface area (Å²) in [5.41, 5.74) is -0.114. The summed E-state index contributed by atoms with van der Waals surface area (Å²) in [7, 11) is 1.33. The monoisotopic (exact) mass is 311 g/mol. The Morgan fingerprint density at radius 1 is 1.38 bits per heavy atom. The Bertz CT molecular complexity index is 521. The lowest BCUT2D eigenvalue weighted by atomic mass is 10.0. The number of nitrogens with one attached hydrogen (secondary N) is 2. The summed E-state index contributed by atoms with van der Waals surface area (Å²) in [6.45, 7) is 7.21. The van der Waals surface area contributed by atoms with Crippen molar-refractivity contribution in [2.75, 3.05) is 38.6 Å². The lowest BCUT2D eigenvalue weighted by Gasteiger charge is -2.39. The number of hydrogen-bond acceptors (Lipinski definition) is 6. The fraction of sp³-hybridized carbons (Fsp3) is 0.571. The molecule has 1 saturated heterocycles. The van der Waals surface area contributed by atoms with Gasteiger partial charge in [0.15, 0.2) is 0 Å². The van der Waals surface area contributed by atoms with Gasteiger partial charge >= 0.3 is 5.97 Å². The fourth-order valence-corrected chi connectivity index (χ4v) is 3.07. The van der Waals surface area contributed by atoms with Crippen molar-refractivity contribution >= 4 is 28.9 Å². The maximum Gasteiger partial charge on any atom is 0.350 e. The van der Waals surface area contributed by atoms with Crippen molar-refractivity contribution in [2.45, 2.75) is 19.4 Å². The van der Waals surface area contributed by atoms with E-state index in [9.17, 15) is 9.59 Å². The van der Waals surface area contributed by atoms with Crippen LogP contribution >= 0.6 is 11.3 Å². The largest absolute Gasteiger partial charge is 0.465 e. The first-order chi connectivity index (χ1) is 9.96. The lowest BCUT2D eigenvalue weighted by molar-refractivity contribution is -0.126. The summed E-state index contributed by atoms with van der Waals surface area (Å²) in [6.07, 6.45) is 0. The molecule has 0 unspecified atom stereocenters. The highest BCUT2D eigenvalue weighted by Crippen LogP contribution is 2.25. The zero-order valence-corrected chi connectivity index (χ0v) is 13.4. The van der Waals surface area contributed by atoms with Gasteiger partial charge in [0.05, 0.1) is 18.3 Å². The number of rotatable bonds is 4. The van der Waals surface area contributed by atoms with Gasteiger partial charge in [-0.05, 0) is 25.3 Å². The third kappa shape index (κ3) is 3.42. The van der Waals surface area contributed by atoms with Gasteiger partial charge < -0.3 is 15.4 Å². The Labute approximate surface area is 128 Å². The summed E-state index contributed by atoms with van der Waals surface area (Å²) in [4.78, 5) is 26.8. The molecule has 0 atom stereocenters. The molecule has 2 N–H and O–H groups in total. The van der Waals surface area contributed by atoms with Gasteiger partial charge in [0.2, 0.25) is 5.91 Å². The molecule has 0 radical (unpaired) electrons. The van der Waals surface area contributed by atoms with Crippen LogP contribution in [-0.2, 0) is 9.53 Å². The Morgan fingerprint density at radius 3 is 2.67 bits per heavy atom. The first kappa shape index (κ1) is 15.9. The number of methoxy groups -OCH3 is 1. The van der Waals surface area contributed by atoms with Crippen LogP contribution in [0.25, 0.3) is 0 Å². The number of esters is 1. The third-order valence-electron chi connectivity index (χ3n) is 3.75. The summed E-state index contributed by atoms with van der Waals surface area (Å²) in [5, 5.41) is 7.89. The zero-order chi connectivity index (χ0) is 15.5. The normalized spacial score (nSPS) is 16.5. The number of carbonyl (C=O) groups excluding carboxylic acids is 2. The molecule has 116 valence electrons. The molecule has 2 heterocycles. The summed E-state index contributed by atoms with van der Waals surface area (Å²) in [5.74, 6) is -0.548. The van der Waals surface area contributed by atoms with Crippen molar-refractivity contribution in [3.8, 4) is 0 Å². The highest BCUT2D eigenvalue weighted by Gasteiger charge is 2.35. The Balaban J connectivity index is 2.10. The molecule has 1 aromatic heterocycles. The molecule has 1 fully saturated rings. The summed E-state index contributed by atoms with van der Waals surface area (Å²) >= 11 is 1.26. The SMILES string of the molecule is COC(=O)c1sccc1NC(=O)C(C)(C)N1CCNCC1. The first-order valence-electron chi connectivity index (χ1n) is 6.90. The van der Waals surface area contributed by atoms with E-state index < -0.39 is 11.5 Å². The van der Waals surface area contributed by atoms with Crippen LogP contribution < -0.4 is 10.6 Å². The van der Waals surface area contributed by atoms with Gasteiger partial charge in [-0.2, -0.15) is 0 Å². The topological polar surface area (TPSA) is 70.7 Å². The van der Waals surface area contributed by atoms with Gasteiger partial charge in [-0.1, -0.05) is 0 Å². The van der Waals surface area contributed by atoms with Crippen LogP contribution in [0.15, 0.2) is 11.4 Å². The molecule has 0 spiro atoms. The van der Waals surface area contributed by atoms with E-state index in [0.717, 1.165) is 26.2 Å². The number of thiophene rings is 1. The zero-order valence-electron chi connectivity index (χ0n) is 12.6. The van der Waals surface area contributed by atoms with Gasteiger partial charge in [-0.15, -0.1) is 11.3 Å². The van der Waals surface area contributed by atoms with Gasteiger partial charge in [0, 0.05) is 26.2 Å². The maximum absolute atomic E-state index is 12.6. The van der Waals surface area contributed by atoms with E-state index in [1.165, 1.54) is 18.4 Å². The fourth-order valence-electron chi connectivity index (χ4n) is 2.30. The van der Waals surface area contributed by atoms with E-state index in [0.29, 0.717) is 10.6 Å². The second-order valence-electron chi connectivity index (χ2n) is 5.41. The van der Waals surface area contributed by atoms with Crippen molar-refractivity contribution in [1.82, 2.24) is 10.2 Å². The van der Waals surface area contributed by atoms with Crippen LogP contribution in [0.4, 0.5) is 5.69 Å². The van der Waals surface area contributed by atoms with Gasteiger partial charge in [-0.25, -0.2) is 4.79 Å². The minimum absolute atomic E-state index is 0.118. The van der Waals surface area contributed by atoms with Gasteiger partial charge in [0.1, 0.15) is 4.88 Å². The van der Waals surface area contributed by atoms with Crippen molar-refractivity contribution in [2.24, 2.45) is 0 Å². The van der Waals surface area contributed by atoms with Crippen molar-refractivity contribution in [3.63, 3.8) is 0 Å². The average Bonchev–Trinajstić information content (AvgIpc) is 2.95. The standard InChI is InChI=1S/C14H21N3O3S/c1-14(2,17-7-5-15-6-8-17)13(19)16-10-4-9-21-11(10)12(18)20-3/h4,9,15H,5-8H2,1-3H3,(H,16,19). The Hall–Kier alpha value is -1.44. The number of carbonyl (C=O) groups is 2. The van der Waals surface area contributed by atoms with E-state index in [-0.39, 0.29) is 5.91 Å². The molecular formula is C14H21N3O3S. The van der Waals surface area contributed by atoms with Crippen LogP contribution in [0.5, 0.6) is 0 Å². The van der Waals surface area contributed by atoms with Crippen LogP contribution in [0, 0.1) is 0 Å². The molecule has 1 aliphatic heterocycles. The van der Waals surface area contributed by atoms with Gasteiger partial charge in [-0.3, -0.25) is 9.69 Å². The van der Waals surface area contributed by atoms with Crippen molar-refractivity contribution in [3.05, 3.63) is 16.3 Å². The van der Waals surface area contributed by atoms with E-state index in [1.807, 2.05) is 13.8 Å². The second kappa shape index (κ2) is 6.55. The second-order valence-corrected chi connectivity index (χ2v) is 6.32. The number of hydrogen-bond donors (Lipinski definition) is 2. The molecule has 0 aliphatic carbocycles. The van der Waals surface area contributed by atoms with Crippen LogP contribution in [-0.4, -0.2) is 55.6 Å². The maximum atomic E-state index is 12.6. The molecule has 6 nitrogen and oxygen atoms in total. The lowest BCUT2D eigenvalue weighted by Crippen LogP contribution is -2.58. The molecule has 1 aromatic rings. The van der Waals surface area contributed by atoms with Crippen LogP contribution in [0.1, 0.15) is 23.5 Å². The van der Waals surface area contributed by atoms with Gasteiger partial charge in [0.25, 0.3) is 0 Å². The molecular weight excluding hydrogens is 290 g/mol. The molecule has 1 aliphatic rings. The third-order valence-corrected chi connectivity index (χ3v) is 4.64. The van der Waals surface area contributed by atoms with E-state index >= 15 is 0 Å². The molecule has 21 heavy (non-hydrogen) atoms. The quantitative estimate of drug-likeness (QED) is 0.817.